The van der Waals surface area contributed by atoms with Crippen LogP contribution in [0.3, 0.4) is 0 Å². The molecule has 1 aromatic heterocycles. The van der Waals surface area contributed by atoms with Gasteiger partial charge in [-0.2, -0.15) is 0 Å². The van der Waals surface area contributed by atoms with Gasteiger partial charge in [-0.1, -0.05) is 78.4 Å². The SMILES string of the molecule is Cc1ccc(-c2nc(C(=O)c3ccccc3)[nH]c2C(=O)Nc2ccccc2)cc1. The topological polar surface area (TPSA) is 74.8 Å². The summed E-state index contributed by atoms with van der Waals surface area (Å²) in [6, 6.07) is 25.7. The van der Waals surface area contributed by atoms with E-state index in [1.165, 1.54) is 0 Å². The van der Waals surface area contributed by atoms with Gasteiger partial charge in [0, 0.05) is 16.8 Å². The van der Waals surface area contributed by atoms with Crippen LogP contribution in [-0.4, -0.2) is 21.7 Å². The molecule has 0 bridgehead atoms. The fourth-order valence-corrected chi connectivity index (χ4v) is 3.01. The van der Waals surface area contributed by atoms with Crippen molar-refractivity contribution >= 4 is 17.4 Å². The van der Waals surface area contributed by atoms with Gasteiger partial charge in [-0.25, -0.2) is 4.98 Å². The molecule has 0 atom stereocenters. The number of H-pyrrole nitrogens is 1. The van der Waals surface area contributed by atoms with Crippen molar-refractivity contribution < 1.29 is 9.59 Å². The number of carbonyl (C=O) groups excluding carboxylic acids is 2. The average molecular weight is 381 g/mol. The van der Waals surface area contributed by atoms with E-state index in [4.69, 9.17) is 0 Å². The monoisotopic (exact) mass is 381 g/mol. The van der Waals surface area contributed by atoms with Crippen molar-refractivity contribution in [3.8, 4) is 11.3 Å². The fraction of sp³-hybridized carbons (Fsp3) is 0.0417. The van der Waals surface area contributed by atoms with Crippen molar-refractivity contribution in [2.75, 3.05) is 5.32 Å². The van der Waals surface area contributed by atoms with Crippen LogP contribution in [0.1, 0.15) is 32.2 Å². The van der Waals surface area contributed by atoms with Crippen LogP contribution >= 0.6 is 0 Å². The third-order valence-electron chi connectivity index (χ3n) is 4.54. The first-order valence-electron chi connectivity index (χ1n) is 9.25. The van der Waals surface area contributed by atoms with E-state index in [0.717, 1.165) is 11.1 Å². The van der Waals surface area contributed by atoms with Crippen LogP contribution in [0, 0.1) is 6.92 Å². The predicted molar refractivity (Wildman–Crippen MR) is 113 cm³/mol. The van der Waals surface area contributed by atoms with Gasteiger partial charge in [-0.05, 0) is 19.1 Å². The molecule has 1 heterocycles. The van der Waals surface area contributed by atoms with E-state index >= 15 is 0 Å². The minimum Gasteiger partial charge on any atom is -0.331 e. The highest BCUT2D eigenvalue weighted by Crippen LogP contribution is 2.24. The van der Waals surface area contributed by atoms with Gasteiger partial charge < -0.3 is 10.3 Å². The Bertz CT molecular complexity index is 1150. The molecule has 0 spiro atoms. The molecule has 4 aromatic rings. The summed E-state index contributed by atoms with van der Waals surface area (Å²) in [5, 5.41) is 2.85. The first-order valence-corrected chi connectivity index (χ1v) is 9.25. The highest BCUT2D eigenvalue weighted by atomic mass is 16.2. The van der Waals surface area contributed by atoms with Crippen molar-refractivity contribution in [3.05, 3.63) is 108 Å². The van der Waals surface area contributed by atoms with Crippen molar-refractivity contribution in [3.63, 3.8) is 0 Å². The number of aryl methyl sites for hydroxylation is 1. The number of aromatic amines is 1. The maximum atomic E-state index is 13.0. The van der Waals surface area contributed by atoms with Gasteiger partial charge in [0.25, 0.3) is 5.91 Å². The molecule has 0 saturated heterocycles. The molecule has 142 valence electrons. The number of hydrogen-bond donors (Lipinski definition) is 2. The molecule has 0 radical (unpaired) electrons. The number of benzene rings is 3. The molecular weight excluding hydrogens is 362 g/mol. The molecule has 5 heteroatoms. The van der Waals surface area contributed by atoms with Gasteiger partial charge in [-0.3, -0.25) is 9.59 Å². The molecule has 0 fully saturated rings. The number of nitrogens with zero attached hydrogens (tertiary/aromatic N) is 1. The van der Waals surface area contributed by atoms with Crippen LogP contribution in [0.15, 0.2) is 84.9 Å². The number of nitrogens with one attached hydrogen (secondary N) is 2. The molecule has 0 aliphatic rings. The van der Waals surface area contributed by atoms with Crippen molar-refractivity contribution in [1.82, 2.24) is 9.97 Å². The predicted octanol–water partition coefficient (Wildman–Crippen LogP) is 4.87. The summed E-state index contributed by atoms with van der Waals surface area (Å²) in [4.78, 5) is 33.2. The molecule has 0 aliphatic heterocycles. The van der Waals surface area contributed by atoms with Gasteiger partial charge >= 0.3 is 0 Å². The molecule has 29 heavy (non-hydrogen) atoms. The molecule has 0 saturated carbocycles. The van der Waals surface area contributed by atoms with Crippen LogP contribution in [-0.2, 0) is 0 Å². The lowest BCUT2D eigenvalue weighted by Gasteiger charge is -2.05. The van der Waals surface area contributed by atoms with E-state index in [1.807, 2.05) is 55.5 Å². The van der Waals surface area contributed by atoms with E-state index in [-0.39, 0.29) is 23.2 Å². The second kappa shape index (κ2) is 7.94. The van der Waals surface area contributed by atoms with Gasteiger partial charge in [0.15, 0.2) is 5.82 Å². The van der Waals surface area contributed by atoms with Gasteiger partial charge in [0.05, 0.1) is 0 Å². The second-order valence-corrected chi connectivity index (χ2v) is 6.69. The number of para-hydroxylation sites is 1. The highest BCUT2D eigenvalue weighted by Gasteiger charge is 2.22. The Morgan fingerprint density at radius 3 is 2.10 bits per heavy atom. The number of amides is 1. The smallest absolute Gasteiger partial charge is 0.274 e. The van der Waals surface area contributed by atoms with Crippen LogP contribution < -0.4 is 5.32 Å². The quantitative estimate of drug-likeness (QED) is 0.484. The minimum absolute atomic E-state index is 0.130. The summed E-state index contributed by atoms with van der Waals surface area (Å²) in [6.45, 7) is 1.99. The molecule has 0 unspecified atom stereocenters. The number of rotatable bonds is 5. The van der Waals surface area contributed by atoms with Crippen LogP contribution in [0.4, 0.5) is 5.69 Å². The molecule has 3 aromatic carbocycles. The number of aromatic nitrogens is 2. The fourth-order valence-electron chi connectivity index (χ4n) is 3.01. The zero-order valence-electron chi connectivity index (χ0n) is 15.8. The summed E-state index contributed by atoms with van der Waals surface area (Å²) < 4.78 is 0. The molecule has 5 nitrogen and oxygen atoms in total. The highest BCUT2D eigenvalue weighted by molar-refractivity contribution is 6.11. The standard InChI is InChI=1S/C24H19N3O2/c1-16-12-14-17(15-13-16)20-21(24(29)25-19-10-6-3-7-11-19)27-23(26-20)22(28)18-8-4-2-5-9-18/h2-15H,1H3,(H,25,29)(H,26,27). The van der Waals surface area contributed by atoms with Gasteiger partial charge in [0.2, 0.25) is 5.78 Å². The van der Waals surface area contributed by atoms with E-state index < -0.39 is 0 Å². The lowest BCUT2D eigenvalue weighted by atomic mass is 10.1. The Morgan fingerprint density at radius 2 is 1.45 bits per heavy atom. The number of carbonyl (C=O) groups is 2. The molecular formula is C24H19N3O2. The van der Waals surface area contributed by atoms with Gasteiger partial charge in [0.1, 0.15) is 11.4 Å². The number of ketones is 1. The van der Waals surface area contributed by atoms with Crippen molar-refractivity contribution in [2.24, 2.45) is 0 Å². The first-order chi connectivity index (χ1) is 14.1. The molecule has 0 aliphatic carbocycles. The van der Waals surface area contributed by atoms with Crippen LogP contribution in [0.25, 0.3) is 11.3 Å². The normalized spacial score (nSPS) is 10.5. The summed E-state index contributed by atoms with van der Waals surface area (Å²) in [5.41, 5.74) is 3.72. The number of imidazole rings is 1. The van der Waals surface area contributed by atoms with Crippen molar-refractivity contribution in [1.29, 1.82) is 0 Å². The zero-order valence-corrected chi connectivity index (χ0v) is 15.8. The molecule has 4 rings (SSSR count). The third-order valence-corrected chi connectivity index (χ3v) is 4.54. The van der Waals surface area contributed by atoms with Crippen LogP contribution in [0.2, 0.25) is 0 Å². The second-order valence-electron chi connectivity index (χ2n) is 6.69. The van der Waals surface area contributed by atoms with Crippen molar-refractivity contribution in [2.45, 2.75) is 6.92 Å². The van der Waals surface area contributed by atoms with E-state index in [2.05, 4.69) is 15.3 Å². The van der Waals surface area contributed by atoms with E-state index in [1.54, 1.807) is 36.4 Å². The Morgan fingerprint density at radius 1 is 0.828 bits per heavy atom. The Labute approximate surface area is 168 Å². The van der Waals surface area contributed by atoms with Gasteiger partial charge in [-0.15, -0.1) is 0 Å². The summed E-state index contributed by atoms with van der Waals surface area (Å²) in [6.07, 6.45) is 0. The summed E-state index contributed by atoms with van der Waals surface area (Å²) in [7, 11) is 0. The largest absolute Gasteiger partial charge is 0.331 e. The first kappa shape index (κ1) is 18.4. The lowest BCUT2D eigenvalue weighted by Crippen LogP contribution is -2.14. The Kier molecular flexibility index (Phi) is 5.03. The minimum atomic E-state index is -0.355. The third kappa shape index (κ3) is 3.99. The number of hydrogen-bond acceptors (Lipinski definition) is 3. The molecule has 1 amide bonds. The summed E-state index contributed by atoms with van der Waals surface area (Å²) >= 11 is 0. The average Bonchev–Trinajstić information content (AvgIpc) is 3.21. The maximum absolute atomic E-state index is 13.0. The van der Waals surface area contributed by atoms with E-state index in [9.17, 15) is 9.59 Å². The molecule has 2 N–H and O–H groups in total. The van der Waals surface area contributed by atoms with E-state index in [0.29, 0.717) is 16.9 Å². The maximum Gasteiger partial charge on any atom is 0.274 e. The Balaban J connectivity index is 1.75. The number of anilines is 1. The zero-order chi connectivity index (χ0) is 20.2. The van der Waals surface area contributed by atoms with Crippen LogP contribution in [0.5, 0.6) is 0 Å². The Hall–Kier alpha value is -3.99. The lowest BCUT2D eigenvalue weighted by molar-refractivity contribution is 0.102. The summed E-state index contributed by atoms with van der Waals surface area (Å²) in [5.74, 6) is -0.492.